The summed E-state index contributed by atoms with van der Waals surface area (Å²) >= 11 is 1.41. The molecule has 0 radical (unpaired) electrons. The Hall–Kier alpha value is -1.39. The molecule has 1 heterocycles. The lowest BCUT2D eigenvalue weighted by Gasteiger charge is -2.07. The predicted octanol–water partition coefficient (Wildman–Crippen LogP) is 2.32. The van der Waals surface area contributed by atoms with Crippen LogP contribution in [0.1, 0.15) is 22.5 Å². The third kappa shape index (κ3) is 2.65. The van der Waals surface area contributed by atoms with E-state index in [9.17, 15) is 23.7 Å². The fraction of sp³-hybridized carbons (Fsp3) is 0.250. The fourth-order valence-electron chi connectivity index (χ4n) is 1.08. The molecule has 0 aromatic carbocycles. The highest BCUT2D eigenvalue weighted by Gasteiger charge is 2.29. The minimum atomic E-state index is -3.08. The molecule has 0 spiro atoms. The van der Waals surface area contributed by atoms with E-state index in [0.29, 0.717) is 6.20 Å². The number of nitrogens with zero attached hydrogens (tertiary/aromatic N) is 2. The molecule has 0 unspecified atom stereocenters. The van der Waals surface area contributed by atoms with E-state index in [-0.39, 0.29) is 9.26 Å². The van der Waals surface area contributed by atoms with Gasteiger partial charge in [0.1, 0.15) is 11.8 Å². The smallest absolute Gasteiger partial charge is 0.357 e. The first-order chi connectivity index (χ1) is 7.90. The molecule has 0 atom stereocenters. The Bertz CT molecular complexity index is 481. The average molecular weight is 358 g/mol. The van der Waals surface area contributed by atoms with Gasteiger partial charge in [0, 0.05) is 0 Å². The van der Waals surface area contributed by atoms with Gasteiger partial charge in [-0.15, -0.1) is 0 Å². The number of aromatic nitrogens is 1. The van der Waals surface area contributed by atoms with E-state index in [1.165, 1.54) is 22.6 Å². The summed E-state index contributed by atoms with van der Waals surface area (Å²) in [5, 5.41) is 10.5. The highest BCUT2D eigenvalue weighted by molar-refractivity contribution is 14.1. The Labute approximate surface area is 107 Å². The van der Waals surface area contributed by atoms with Gasteiger partial charge in [0.15, 0.2) is 5.69 Å². The number of methoxy groups -OCH3 is 1. The second-order valence-electron chi connectivity index (χ2n) is 2.77. The van der Waals surface area contributed by atoms with E-state index in [1.54, 1.807) is 0 Å². The number of ether oxygens (including phenoxy) is 1. The minimum absolute atomic E-state index is 0.279. The molecule has 17 heavy (non-hydrogen) atoms. The molecule has 0 saturated heterocycles. The van der Waals surface area contributed by atoms with Crippen molar-refractivity contribution in [1.29, 1.82) is 0 Å². The average Bonchev–Trinajstić information content (AvgIpc) is 2.26. The maximum absolute atomic E-state index is 12.7. The van der Waals surface area contributed by atoms with E-state index in [0.717, 1.165) is 7.11 Å². The first-order valence-corrected chi connectivity index (χ1v) is 5.17. The standard InChI is InChI=1S/C8H5F2IN2O4/c1-17-8(14)6-5(11)4(7(9)10)3(2-12-6)13(15)16/h2,7H,1H3. The molecule has 0 fully saturated rings. The molecule has 0 saturated carbocycles. The molecular weight excluding hydrogens is 353 g/mol. The number of hydrogen-bond acceptors (Lipinski definition) is 5. The zero-order chi connectivity index (χ0) is 13.2. The molecule has 0 aliphatic rings. The van der Waals surface area contributed by atoms with E-state index in [1.807, 2.05) is 0 Å². The van der Waals surface area contributed by atoms with Crippen molar-refractivity contribution in [3.63, 3.8) is 0 Å². The summed E-state index contributed by atoms with van der Waals surface area (Å²) in [6.07, 6.45) is -2.45. The Kier molecular flexibility index (Phi) is 4.26. The topological polar surface area (TPSA) is 82.3 Å². The van der Waals surface area contributed by atoms with Crippen LogP contribution in [0, 0.1) is 13.7 Å². The summed E-state index contributed by atoms with van der Waals surface area (Å²) in [6, 6.07) is 0. The van der Waals surface area contributed by atoms with Crippen LogP contribution < -0.4 is 0 Å². The third-order valence-electron chi connectivity index (χ3n) is 1.83. The van der Waals surface area contributed by atoms with Gasteiger partial charge in [0.2, 0.25) is 0 Å². The van der Waals surface area contributed by atoms with Crippen LogP contribution in [0.3, 0.4) is 0 Å². The SMILES string of the molecule is COC(=O)c1ncc([N+](=O)[O-])c(C(F)F)c1I. The maximum Gasteiger partial charge on any atom is 0.357 e. The van der Waals surface area contributed by atoms with Crippen LogP contribution in [0.2, 0.25) is 0 Å². The van der Waals surface area contributed by atoms with E-state index in [4.69, 9.17) is 0 Å². The molecule has 1 aromatic rings. The molecule has 0 amide bonds. The molecule has 9 heteroatoms. The van der Waals surface area contributed by atoms with Gasteiger partial charge in [0.25, 0.3) is 12.1 Å². The van der Waals surface area contributed by atoms with Crippen molar-refractivity contribution >= 4 is 34.2 Å². The van der Waals surface area contributed by atoms with Gasteiger partial charge >= 0.3 is 5.97 Å². The second-order valence-corrected chi connectivity index (χ2v) is 3.85. The summed E-state index contributed by atoms with van der Waals surface area (Å²) in [4.78, 5) is 24.2. The normalized spacial score (nSPS) is 10.4. The highest BCUT2D eigenvalue weighted by atomic mass is 127. The minimum Gasteiger partial charge on any atom is -0.464 e. The number of carbonyl (C=O) groups excluding carboxylic acids is 1. The van der Waals surface area contributed by atoms with Gasteiger partial charge in [-0.05, 0) is 22.6 Å². The van der Waals surface area contributed by atoms with Gasteiger partial charge in [-0.1, -0.05) is 0 Å². The van der Waals surface area contributed by atoms with Gasteiger partial charge in [0.05, 0.1) is 15.6 Å². The van der Waals surface area contributed by atoms with Crippen molar-refractivity contribution in [2.24, 2.45) is 0 Å². The van der Waals surface area contributed by atoms with Crippen LogP contribution in [0.5, 0.6) is 0 Å². The van der Waals surface area contributed by atoms with Crippen molar-refractivity contribution in [3.8, 4) is 0 Å². The van der Waals surface area contributed by atoms with Crippen molar-refractivity contribution in [3.05, 3.63) is 31.1 Å². The summed E-state index contributed by atoms with van der Waals surface area (Å²) in [5.41, 5.74) is -2.02. The van der Waals surface area contributed by atoms with Crippen LogP contribution in [-0.4, -0.2) is 23.0 Å². The van der Waals surface area contributed by atoms with Gasteiger partial charge in [-0.25, -0.2) is 18.6 Å². The van der Waals surface area contributed by atoms with Crippen molar-refractivity contribution in [2.45, 2.75) is 6.43 Å². The quantitative estimate of drug-likeness (QED) is 0.359. The summed E-state index contributed by atoms with van der Waals surface area (Å²) in [7, 11) is 1.06. The number of nitro groups is 1. The number of hydrogen-bond donors (Lipinski definition) is 0. The number of esters is 1. The number of halogens is 3. The van der Waals surface area contributed by atoms with E-state index in [2.05, 4.69) is 9.72 Å². The highest BCUT2D eigenvalue weighted by Crippen LogP contribution is 2.33. The lowest BCUT2D eigenvalue weighted by atomic mass is 10.2. The van der Waals surface area contributed by atoms with Crippen LogP contribution in [0.25, 0.3) is 0 Å². The molecule has 0 aliphatic heterocycles. The number of carbonyl (C=O) groups is 1. The fourth-order valence-corrected chi connectivity index (χ4v) is 1.96. The van der Waals surface area contributed by atoms with Crippen molar-refractivity contribution in [2.75, 3.05) is 7.11 Å². The van der Waals surface area contributed by atoms with E-state index < -0.39 is 28.6 Å². The number of pyridine rings is 1. The zero-order valence-electron chi connectivity index (χ0n) is 8.32. The largest absolute Gasteiger partial charge is 0.464 e. The molecule has 1 rings (SSSR count). The Morgan fingerprint density at radius 2 is 2.24 bits per heavy atom. The molecule has 0 aliphatic carbocycles. The summed E-state index contributed by atoms with van der Waals surface area (Å²) < 4.78 is 29.5. The third-order valence-corrected chi connectivity index (χ3v) is 2.92. The number of rotatable bonds is 3. The van der Waals surface area contributed by atoms with Crippen molar-refractivity contribution in [1.82, 2.24) is 4.98 Å². The first kappa shape index (κ1) is 13.7. The monoisotopic (exact) mass is 358 g/mol. The van der Waals surface area contributed by atoms with Crippen LogP contribution in [-0.2, 0) is 4.74 Å². The molecule has 92 valence electrons. The predicted molar refractivity (Wildman–Crippen MR) is 59.9 cm³/mol. The van der Waals surface area contributed by atoms with E-state index >= 15 is 0 Å². The van der Waals surface area contributed by atoms with Crippen LogP contribution in [0.15, 0.2) is 6.20 Å². The summed E-state index contributed by atoms with van der Waals surface area (Å²) in [6.45, 7) is 0. The van der Waals surface area contributed by atoms with Crippen LogP contribution >= 0.6 is 22.6 Å². The van der Waals surface area contributed by atoms with Gasteiger partial charge in [-0.2, -0.15) is 0 Å². The Morgan fingerprint density at radius 1 is 1.65 bits per heavy atom. The molecule has 0 N–H and O–H groups in total. The second kappa shape index (κ2) is 5.29. The summed E-state index contributed by atoms with van der Waals surface area (Å²) in [5.74, 6) is -0.925. The lowest BCUT2D eigenvalue weighted by Crippen LogP contribution is -2.11. The van der Waals surface area contributed by atoms with Crippen LogP contribution in [0.4, 0.5) is 14.5 Å². The lowest BCUT2D eigenvalue weighted by molar-refractivity contribution is -0.386. The van der Waals surface area contributed by atoms with Crippen molar-refractivity contribution < 1.29 is 23.2 Å². The van der Waals surface area contributed by atoms with Gasteiger partial charge < -0.3 is 4.74 Å². The molecule has 1 aromatic heterocycles. The Balaban J connectivity index is 3.49. The molecule has 6 nitrogen and oxygen atoms in total. The Morgan fingerprint density at radius 3 is 2.65 bits per heavy atom. The first-order valence-electron chi connectivity index (χ1n) is 4.09. The number of alkyl halides is 2. The molecular formula is C8H5F2IN2O4. The maximum atomic E-state index is 12.7. The zero-order valence-corrected chi connectivity index (χ0v) is 10.5. The van der Waals surface area contributed by atoms with Gasteiger partial charge in [-0.3, -0.25) is 10.1 Å². The molecule has 0 bridgehead atoms.